The van der Waals surface area contributed by atoms with Crippen molar-refractivity contribution in [2.45, 2.75) is 33.1 Å². The molecule has 0 atom stereocenters. The zero-order valence-corrected chi connectivity index (χ0v) is 20.4. The highest BCUT2D eigenvalue weighted by Gasteiger charge is 2.37. The lowest BCUT2D eigenvalue weighted by atomic mass is 9.87. The maximum absolute atomic E-state index is 13.3. The van der Waals surface area contributed by atoms with E-state index >= 15 is 0 Å². The SMILES string of the molecule is Cc1c(N2C(=O)C(=Cc3ccc(C(C)(C)C)cc3)SC2=S)c(=O)n(-c2ccccc2)n1C. The molecule has 0 unspecified atom stereocenters. The number of thiocarbonyl (C=S) groups is 1. The first-order chi connectivity index (χ1) is 15.1. The number of carbonyl (C=O) groups is 1. The number of hydrogen-bond donors (Lipinski definition) is 0. The van der Waals surface area contributed by atoms with Crippen LogP contribution in [0.3, 0.4) is 0 Å². The first-order valence-corrected chi connectivity index (χ1v) is 11.5. The van der Waals surface area contributed by atoms with Gasteiger partial charge in [0.25, 0.3) is 11.5 Å². The summed E-state index contributed by atoms with van der Waals surface area (Å²) in [4.78, 5) is 28.5. The minimum absolute atomic E-state index is 0.0610. The second-order valence-corrected chi connectivity index (χ2v) is 10.5. The number of anilines is 1. The van der Waals surface area contributed by atoms with Crippen LogP contribution in [0.1, 0.15) is 37.6 Å². The fourth-order valence-corrected chi connectivity index (χ4v) is 4.97. The number of aromatic nitrogens is 2. The summed E-state index contributed by atoms with van der Waals surface area (Å²) >= 11 is 6.74. The van der Waals surface area contributed by atoms with Crippen molar-refractivity contribution in [2.24, 2.45) is 7.05 Å². The molecule has 1 aromatic heterocycles. The van der Waals surface area contributed by atoms with E-state index in [-0.39, 0.29) is 16.9 Å². The molecule has 2 aromatic carbocycles. The molecule has 5 nitrogen and oxygen atoms in total. The summed E-state index contributed by atoms with van der Waals surface area (Å²) in [5.41, 5.74) is 3.63. The number of nitrogens with zero attached hydrogens (tertiary/aromatic N) is 3. The Morgan fingerprint density at radius 3 is 2.19 bits per heavy atom. The Kier molecular flexibility index (Phi) is 5.73. The molecule has 3 aromatic rings. The van der Waals surface area contributed by atoms with E-state index in [0.29, 0.717) is 20.6 Å². The quantitative estimate of drug-likeness (QED) is 0.396. The van der Waals surface area contributed by atoms with E-state index in [2.05, 4.69) is 32.9 Å². The monoisotopic (exact) mass is 463 g/mol. The number of carbonyl (C=O) groups excluding carboxylic acids is 1. The standard InChI is InChI=1S/C25H25N3O2S2/c1-16-21(23(30)28(26(16)5)19-9-7-6-8-10-19)27-22(29)20(32-24(27)31)15-17-11-13-18(14-12-17)25(2,3)4/h6-15H,1-5H3. The Labute approximate surface area is 197 Å². The Balaban J connectivity index is 1.72. The van der Waals surface area contributed by atoms with E-state index in [1.54, 1.807) is 16.4 Å². The zero-order valence-electron chi connectivity index (χ0n) is 18.7. The van der Waals surface area contributed by atoms with Crippen molar-refractivity contribution >= 4 is 46.0 Å². The lowest BCUT2D eigenvalue weighted by molar-refractivity contribution is -0.113. The Bertz CT molecular complexity index is 1290. The van der Waals surface area contributed by atoms with Gasteiger partial charge in [-0.1, -0.05) is 87.2 Å². The molecule has 4 rings (SSSR count). The number of thioether (sulfide) groups is 1. The number of para-hydroxylation sites is 1. The van der Waals surface area contributed by atoms with Gasteiger partial charge < -0.3 is 0 Å². The third-order valence-corrected chi connectivity index (χ3v) is 6.92. The van der Waals surface area contributed by atoms with Crippen molar-refractivity contribution in [1.29, 1.82) is 0 Å². The average Bonchev–Trinajstić information content (AvgIpc) is 3.13. The highest BCUT2D eigenvalue weighted by atomic mass is 32.2. The highest BCUT2D eigenvalue weighted by molar-refractivity contribution is 8.27. The van der Waals surface area contributed by atoms with Crippen molar-refractivity contribution in [2.75, 3.05) is 4.90 Å². The average molecular weight is 464 g/mol. The van der Waals surface area contributed by atoms with Crippen molar-refractivity contribution in [3.05, 3.63) is 86.7 Å². The molecule has 1 saturated heterocycles. The smallest absolute Gasteiger partial charge is 0.283 e. The summed E-state index contributed by atoms with van der Waals surface area (Å²) in [5, 5.41) is 0. The Morgan fingerprint density at radius 1 is 0.969 bits per heavy atom. The van der Waals surface area contributed by atoms with Gasteiger partial charge in [-0.15, -0.1) is 0 Å². The summed E-state index contributed by atoms with van der Waals surface area (Å²) in [7, 11) is 1.80. The van der Waals surface area contributed by atoms with E-state index in [0.717, 1.165) is 11.3 Å². The molecular formula is C25H25N3O2S2. The van der Waals surface area contributed by atoms with Crippen LogP contribution in [0.2, 0.25) is 0 Å². The third-order valence-electron chi connectivity index (χ3n) is 5.62. The van der Waals surface area contributed by atoms with Crippen molar-refractivity contribution in [3.63, 3.8) is 0 Å². The molecule has 1 aliphatic heterocycles. The molecule has 7 heteroatoms. The van der Waals surface area contributed by atoms with Crippen LogP contribution < -0.4 is 10.5 Å². The molecule has 0 radical (unpaired) electrons. The molecule has 2 heterocycles. The molecule has 164 valence electrons. The first-order valence-electron chi connectivity index (χ1n) is 10.3. The molecule has 0 bridgehead atoms. The maximum atomic E-state index is 13.3. The van der Waals surface area contributed by atoms with Crippen molar-refractivity contribution in [1.82, 2.24) is 9.36 Å². The van der Waals surface area contributed by atoms with Gasteiger partial charge in [-0.25, -0.2) is 4.68 Å². The number of rotatable bonds is 3. The predicted octanol–water partition coefficient (Wildman–Crippen LogP) is 5.19. The Morgan fingerprint density at radius 2 is 1.59 bits per heavy atom. The molecular weight excluding hydrogens is 438 g/mol. The van der Waals surface area contributed by atoms with Gasteiger partial charge >= 0.3 is 0 Å². The van der Waals surface area contributed by atoms with Crippen LogP contribution in [-0.4, -0.2) is 19.6 Å². The van der Waals surface area contributed by atoms with Crippen molar-refractivity contribution < 1.29 is 4.79 Å². The predicted molar refractivity (Wildman–Crippen MR) is 137 cm³/mol. The first kappa shape index (κ1) is 22.3. The van der Waals surface area contributed by atoms with Crippen LogP contribution in [0.25, 0.3) is 11.8 Å². The second-order valence-electron chi connectivity index (χ2n) is 8.80. The normalized spacial score (nSPS) is 15.8. The summed E-state index contributed by atoms with van der Waals surface area (Å²) < 4.78 is 3.66. The van der Waals surface area contributed by atoms with Crippen LogP contribution in [0, 0.1) is 6.92 Å². The topological polar surface area (TPSA) is 47.2 Å². The van der Waals surface area contributed by atoms with Gasteiger partial charge in [0, 0.05) is 7.05 Å². The molecule has 0 spiro atoms. The van der Waals surface area contributed by atoms with E-state index in [1.165, 1.54) is 22.2 Å². The molecule has 1 aliphatic rings. The van der Waals surface area contributed by atoms with Crippen LogP contribution in [0.4, 0.5) is 5.69 Å². The number of amides is 1. The van der Waals surface area contributed by atoms with Gasteiger partial charge in [-0.05, 0) is 41.7 Å². The highest BCUT2D eigenvalue weighted by Crippen LogP contribution is 2.36. The van der Waals surface area contributed by atoms with Crippen LogP contribution in [0.15, 0.2) is 64.3 Å². The van der Waals surface area contributed by atoms with Crippen molar-refractivity contribution in [3.8, 4) is 5.69 Å². The largest absolute Gasteiger partial charge is 0.296 e. The van der Waals surface area contributed by atoms with E-state index < -0.39 is 0 Å². The fraction of sp³-hybridized carbons (Fsp3) is 0.240. The third kappa shape index (κ3) is 3.87. The molecule has 0 saturated carbocycles. The van der Waals surface area contributed by atoms with E-state index in [4.69, 9.17) is 12.2 Å². The fourth-order valence-electron chi connectivity index (χ4n) is 3.70. The van der Waals surface area contributed by atoms with Crippen LogP contribution in [0.5, 0.6) is 0 Å². The number of benzene rings is 2. The lowest BCUT2D eigenvalue weighted by Crippen LogP contribution is -2.33. The molecule has 1 amide bonds. The van der Waals surface area contributed by atoms with Gasteiger partial charge in [0.15, 0.2) is 4.32 Å². The minimum Gasteiger partial charge on any atom is -0.283 e. The van der Waals surface area contributed by atoms with Gasteiger partial charge in [0.05, 0.1) is 16.3 Å². The lowest BCUT2D eigenvalue weighted by Gasteiger charge is -2.18. The van der Waals surface area contributed by atoms with Gasteiger partial charge in [-0.3, -0.25) is 19.2 Å². The molecule has 32 heavy (non-hydrogen) atoms. The zero-order chi connectivity index (χ0) is 23.2. The molecule has 1 fully saturated rings. The minimum atomic E-state index is -0.275. The Hall–Kier alpha value is -2.90. The van der Waals surface area contributed by atoms with Crippen LogP contribution >= 0.6 is 24.0 Å². The summed E-state index contributed by atoms with van der Waals surface area (Å²) in [6.45, 7) is 8.32. The maximum Gasteiger partial charge on any atom is 0.296 e. The second kappa shape index (κ2) is 8.22. The van der Waals surface area contributed by atoms with Gasteiger partial charge in [0.2, 0.25) is 0 Å². The van der Waals surface area contributed by atoms with Gasteiger partial charge in [0.1, 0.15) is 5.69 Å². The van der Waals surface area contributed by atoms with E-state index in [1.807, 2.05) is 55.5 Å². The molecule has 0 aliphatic carbocycles. The number of hydrogen-bond acceptors (Lipinski definition) is 4. The van der Waals surface area contributed by atoms with E-state index in [9.17, 15) is 9.59 Å². The summed E-state index contributed by atoms with van der Waals surface area (Å²) in [6.07, 6.45) is 1.83. The molecule has 0 N–H and O–H groups in total. The van der Waals surface area contributed by atoms with Gasteiger partial charge in [-0.2, -0.15) is 0 Å². The summed E-state index contributed by atoms with van der Waals surface area (Å²) in [6, 6.07) is 17.5. The van der Waals surface area contributed by atoms with Crippen LogP contribution in [-0.2, 0) is 17.3 Å². The summed E-state index contributed by atoms with van der Waals surface area (Å²) in [5.74, 6) is -0.272.